The number of halogens is 2. The highest BCUT2D eigenvalue weighted by atomic mass is 79.9. The summed E-state index contributed by atoms with van der Waals surface area (Å²) in [7, 11) is 1.90. The minimum Gasteiger partial charge on any atom is -0.267 e. The lowest BCUT2D eigenvalue weighted by Crippen LogP contribution is -1.92. The summed E-state index contributed by atoms with van der Waals surface area (Å²) in [6, 6.07) is 9.68. The van der Waals surface area contributed by atoms with Gasteiger partial charge in [0.25, 0.3) is 0 Å². The fourth-order valence-electron chi connectivity index (χ4n) is 1.35. The summed E-state index contributed by atoms with van der Waals surface area (Å²) >= 11 is 9.25. The highest BCUT2D eigenvalue weighted by Crippen LogP contribution is 2.24. The lowest BCUT2D eigenvalue weighted by Gasteiger charge is -2.01. The van der Waals surface area contributed by atoms with Crippen LogP contribution in [0.5, 0.6) is 0 Å². The molecule has 0 aliphatic heterocycles. The first kappa shape index (κ1) is 9.74. The fourth-order valence-corrected chi connectivity index (χ4v) is 2.00. The van der Waals surface area contributed by atoms with Crippen molar-refractivity contribution in [2.45, 2.75) is 0 Å². The molecule has 0 aliphatic carbocycles. The third-order valence-electron chi connectivity index (χ3n) is 1.97. The van der Waals surface area contributed by atoms with Crippen molar-refractivity contribution in [3.63, 3.8) is 0 Å². The van der Waals surface area contributed by atoms with E-state index in [0.717, 1.165) is 20.9 Å². The summed E-state index contributed by atoms with van der Waals surface area (Å²) in [6.45, 7) is 0. The number of hydrogen-bond donors (Lipinski definition) is 0. The van der Waals surface area contributed by atoms with Crippen LogP contribution in [0.2, 0.25) is 5.02 Å². The summed E-state index contributed by atoms with van der Waals surface area (Å²) in [5.41, 5.74) is 2.11. The Bertz CT molecular complexity index is 465. The van der Waals surface area contributed by atoms with E-state index in [-0.39, 0.29) is 0 Å². The van der Waals surface area contributed by atoms with Crippen LogP contribution in [0.25, 0.3) is 11.3 Å². The van der Waals surface area contributed by atoms with Gasteiger partial charge >= 0.3 is 0 Å². The Morgan fingerprint density at radius 3 is 2.71 bits per heavy atom. The molecule has 1 aromatic heterocycles. The van der Waals surface area contributed by atoms with Gasteiger partial charge in [0.15, 0.2) is 0 Å². The molecule has 0 saturated heterocycles. The van der Waals surface area contributed by atoms with E-state index in [1.165, 1.54) is 0 Å². The van der Waals surface area contributed by atoms with Crippen molar-refractivity contribution < 1.29 is 0 Å². The molecule has 0 amide bonds. The van der Waals surface area contributed by atoms with Gasteiger partial charge in [-0.3, -0.25) is 4.68 Å². The Morgan fingerprint density at radius 1 is 1.36 bits per heavy atom. The van der Waals surface area contributed by atoms with Gasteiger partial charge in [-0.2, -0.15) is 5.10 Å². The summed E-state index contributed by atoms with van der Waals surface area (Å²) in [6.07, 6.45) is 0. The highest BCUT2D eigenvalue weighted by Gasteiger charge is 2.05. The van der Waals surface area contributed by atoms with Crippen LogP contribution in [0, 0.1) is 0 Å². The number of rotatable bonds is 1. The molecule has 0 bridgehead atoms. The average molecular weight is 272 g/mol. The van der Waals surface area contributed by atoms with Crippen molar-refractivity contribution in [1.29, 1.82) is 0 Å². The van der Waals surface area contributed by atoms with Crippen molar-refractivity contribution in [3.05, 3.63) is 40.0 Å². The van der Waals surface area contributed by atoms with Crippen LogP contribution < -0.4 is 0 Å². The molecule has 0 radical (unpaired) electrons. The highest BCUT2D eigenvalue weighted by molar-refractivity contribution is 9.10. The first-order valence-corrected chi connectivity index (χ1v) is 5.29. The molecular weight excluding hydrogens is 263 g/mol. The van der Waals surface area contributed by atoms with E-state index in [9.17, 15) is 0 Å². The third-order valence-corrected chi connectivity index (χ3v) is 2.59. The lowest BCUT2D eigenvalue weighted by molar-refractivity contribution is 0.768. The molecule has 0 atom stereocenters. The van der Waals surface area contributed by atoms with Gasteiger partial charge in [0, 0.05) is 17.6 Å². The van der Waals surface area contributed by atoms with Crippen LogP contribution in [0.4, 0.5) is 0 Å². The van der Waals surface area contributed by atoms with Gasteiger partial charge in [0.2, 0.25) is 0 Å². The Balaban J connectivity index is 2.54. The average Bonchev–Trinajstić information content (AvgIpc) is 2.45. The van der Waals surface area contributed by atoms with E-state index >= 15 is 0 Å². The molecule has 0 spiro atoms. The van der Waals surface area contributed by atoms with Gasteiger partial charge in [0.1, 0.15) is 4.60 Å². The van der Waals surface area contributed by atoms with Crippen molar-refractivity contribution in [2.75, 3.05) is 0 Å². The molecule has 0 unspecified atom stereocenters. The Morgan fingerprint density at radius 2 is 2.14 bits per heavy atom. The summed E-state index contributed by atoms with van der Waals surface area (Å²) < 4.78 is 2.64. The number of benzene rings is 1. The van der Waals surface area contributed by atoms with Crippen LogP contribution in [-0.4, -0.2) is 9.78 Å². The van der Waals surface area contributed by atoms with E-state index in [1.54, 1.807) is 0 Å². The Hall–Kier alpha value is -0.800. The second kappa shape index (κ2) is 3.75. The zero-order chi connectivity index (χ0) is 10.1. The van der Waals surface area contributed by atoms with Crippen LogP contribution >= 0.6 is 27.5 Å². The van der Waals surface area contributed by atoms with Crippen molar-refractivity contribution in [3.8, 4) is 11.3 Å². The summed E-state index contributed by atoms with van der Waals surface area (Å²) in [4.78, 5) is 0. The molecule has 0 aliphatic rings. The van der Waals surface area contributed by atoms with Crippen LogP contribution in [0.1, 0.15) is 0 Å². The molecule has 0 saturated carbocycles. The molecule has 0 fully saturated rings. The monoisotopic (exact) mass is 270 g/mol. The minimum absolute atomic E-state index is 0.736. The molecule has 72 valence electrons. The molecule has 1 aromatic carbocycles. The fraction of sp³-hybridized carbons (Fsp3) is 0.100. The maximum absolute atomic E-state index is 5.91. The largest absolute Gasteiger partial charge is 0.267 e. The first-order chi connectivity index (χ1) is 6.66. The van der Waals surface area contributed by atoms with Gasteiger partial charge in [0.05, 0.1) is 5.69 Å². The van der Waals surface area contributed by atoms with Crippen molar-refractivity contribution in [2.24, 2.45) is 7.05 Å². The van der Waals surface area contributed by atoms with Gasteiger partial charge in [-0.05, 0) is 34.1 Å². The molecule has 2 nitrogen and oxygen atoms in total. The van der Waals surface area contributed by atoms with E-state index < -0.39 is 0 Å². The zero-order valence-electron chi connectivity index (χ0n) is 7.54. The molecule has 2 rings (SSSR count). The van der Waals surface area contributed by atoms with E-state index in [2.05, 4.69) is 21.0 Å². The first-order valence-electron chi connectivity index (χ1n) is 4.12. The number of aryl methyl sites for hydroxylation is 1. The zero-order valence-corrected chi connectivity index (χ0v) is 9.88. The van der Waals surface area contributed by atoms with Gasteiger partial charge < -0.3 is 0 Å². The molecule has 2 aromatic rings. The Labute approximate surface area is 95.6 Å². The summed E-state index contributed by atoms with van der Waals surface area (Å²) in [5, 5.41) is 4.94. The van der Waals surface area contributed by atoms with Gasteiger partial charge in [-0.15, -0.1) is 0 Å². The number of aromatic nitrogens is 2. The van der Waals surface area contributed by atoms with E-state index in [1.807, 2.05) is 42.1 Å². The standard InChI is InChI=1S/C10H8BrClN2/c1-14-9(6-10(11)13-14)7-3-2-4-8(12)5-7/h2-6H,1H3. The quantitative estimate of drug-likeness (QED) is 0.776. The second-order valence-electron chi connectivity index (χ2n) is 2.99. The maximum Gasteiger partial charge on any atom is 0.128 e. The van der Waals surface area contributed by atoms with Crippen LogP contribution in [0.15, 0.2) is 34.9 Å². The number of hydrogen-bond acceptors (Lipinski definition) is 1. The van der Waals surface area contributed by atoms with E-state index in [4.69, 9.17) is 11.6 Å². The minimum atomic E-state index is 0.736. The number of nitrogens with zero attached hydrogens (tertiary/aromatic N) is 2. The predicted octanol–water partition coefficient (Wildman–Crippen LogP) is 3.50. The second-order valence-corrected chi connectivity index (χ2v) is 4.24. The molecule has 14 heavy (non-hydrogen) atoms. The van der Waals surface area contributed by atoms with Gasteiger partial charge in [-0.1, -0.05) is 23.7 Å². The Kier molecular flexibility index (Phi) is 2.61. The predicted molar refractivity (Wildman–Crippen MR) is 61.4 cm³/mol. The normalized spacial score (nSPS) is 10.5. The van der Waals surface area contributed by atoms with E-state index in [0.29, 0.717) is 0 Å². The van der Waals surface area contributed by atoms with Crippen molar-refractivity contribution >= 4 is 27.5 Å². The smallest absolute Gasteiger partial charge is 0.128 e. The molecule has 0 N–H and O–H groups in total. The topological polar surface area (TPSA) is 17.8 Å². The van der Waals surface area contributed by atoms with Crippen molar-refractivity contribution in [1.82, 2.24) is 9.78 Å². The lowest BCUT2D eigenvalue weighted by atomic mass is 10.1. The molecular formula is C10H8BrClN2. The molecule has 4 heteroatoms. The van der Waals surface area contributed by atoms with Crippen LogP contribution in [-0.2, 0) is 7.05 Å². The molecule has 1 heterocycles. The third kappa shape index (κ3) is 1.83. The van der Waals surface area contributed by atoms with Crippen LogP contribution in [0.3, 0.4) is 0 Å². The van der Waals surface area contributed by atoms with Gasteiger partial charge in [-0.25, -0.2) is 0 Å². The SMILES string of the molecule is Cn1nc(Br)cc1-c1cccc(Cl)c1. The summed E-state index contributed by atoms with van der Waals surface area (Å²) in [5.74, 6) is 0. The maximum atomic E-state index is 5.91.